The minimum Gasteiger partial charge on any atom is -0.493 e. The minimum atomic E-state index is -0.118. The molecule has 1 unspecified atom stereocenters. The van der Waals surface area contributed by atoms with E-state index in [1.54, 1.807) is 0 Å². The molecule has 154 valence electrons. The van der Waals surface area contributed by atoms with Gasteiger partial charge in [-0.25, -0.2) is 0 Å². The lowest BCUT2D eigenvalue weighted by Crippen LogP contribution is -2.54. The van der Waals surface area contributed by atoms with E-state index in [4.69, 9.17) is 4.74 Å². The second-order valence-corrected chi connectivity index (χ2v) is 9.06. The smallest absolute Gasteiger partial charge is 0.228 e. The van der Waals surface area contributed by atoms with Gasteiger partial charge >= 0.3 is 0 Å². The number of nitrogens with zero attached hydrogens (tertiary/aromatic N) is 1. The van der Waals surface area contributed by atoms with Crippen LogP contribution in [-0.4, -0.2) is 43.1 Å². The van der Waals surface area contributed by atoms with Crippen molar-refractivity contribution in [1.82, 2.24) is 10.2 Å². The number of para-hydroxylation sites is 1. The van der Waals surface area contributed by atoms with Gasteiger partial charge in [0.1, 0.15) is 5.75 Å². The number of carbonyl (C=O) groups excluding carboxylic acids is 1. The van der Waals surface area contributed by atoms with Crippen molar-refractivity contribution >= 4 is 5.91 Å². The molecule has 1 N–H and O–H groups in total. The molecule has 1 aromatic carbocycles. The molecule has 0 radical (unpaired) electrons. The number of carbonyl (C=O) groups is 1. The fourth-order valence-corrected chi connectivity index (χ4v) is 6.09. The third kappa shape index (κ3) is 3.14. The summed E-state index contributed by atoms with van der Waals surface area (Å²) >= 11 is 0. The number of benzene rings is 1. The summed E-state index contributed by atoms with van der Waals surface area (Å²) in [5.41, 5.74) is 2.31. The molecular weight excluding hydrogens is 348 g/mol. The van der Waals surface area contributed by atoms with Gasteiger partial charge in [-0.05, 0) is 44.1 Å². The number of hydrogen-bond donors (Lipinski definition) is 1. The van der Waals surface area contributed by atoms with Gasteiger partial charge in [0, 0.05) is 36.7 Å². The van der Waals surface area contributed by atoms with Crippen molar-refractivity contribution in [2.24, 2.45) is 11.8 Å². The molecule has 0 aromatic heterocycles. The van der Waals surface area contributed by atoms with E-state index in [-0.39, 0.29) is 11.3 Å². The summed E-state index contributed by atoms with van der Waals surface area (Å²) in [6, 6.07) is 6.86. The van der Waals surface area contributed by atoms with E-state index in [1.807, 2.05) is 0 Å². The predicted octanol–water partition coefficient (Wildman–Crippen LogP) is 4.05. The Morgan fingerprint density at radius 1 is 1.32 bits per heavy atom. The number of nitrogens with one attached hydrogen (secondary N) is 1. The largest absolute Gasteiger partial charge is 0.493 e. The summed E-state index contributed by atoms with van der Waals surface area (Å²) in [5, 5.41) is 3.58. The highest BCUT2D eigenvalue weighted by Gasteiger charge is 2.52. The van der Waals surface area contributed by atoms with Gasteiger partial charge in [-0.15, -0.1) is 0 Å². The quantitative estimate of drug-likeness (QED) is 0.851. The molecule has 1 spiro atoms. The van der Waals surface area contributed by atoms with Crippen LogP contribution in [0.5, 0.6) is 5.75 Å². The van der Waals surface area contributed by atoms with E-state index in [1.165, 1.54) is 24.0 Å². The summed E-state index contributed by atoms with van der Waals surface area (Å²) in [5.74, 6) is 2.05. The Labute approximate surface area is 170 Å². The van der Waals surface area contributed by atoms with Crippen LogP contribution in [0, 0.1) is 18.8 Å². The van der Waals surface area contributed by atoms with E-state index in [0.717, 1.165) is 51.1 Å². The van der Waals surface area contributed by atoms with Crippen molar-refractivity contribution in [3.63, 3.8) is 0 Å². The minimum absolute atomic E-state index is 0.0203. The standard InChI is InChI=1S/C24H36N2O2/c1-4-18(5-2)21-11-6-7-13-26(21)23(27)20-15-25-16-24(20)12-14-28-22-17(3)9-8-10-19(22)24/h8-10,18,20-21,25H,4-7,11-16H2,1-3H3/t20-,21?,24-/m0/s1. The average Bonchev–Trinajstić information content (AvgIpc) is 3.14. The number of likely N-dealkylation sites (tertiary alicyclic amines) is 1. The fourth-order valence-electron chi connectivity index (χ4n) is 6.09. The van der Waals surface area contributed by atoms with Crippen LogP contribution in [0.25, 0.3) is 0 Å². The summed E-state index contributed by atoms with van der Waals surface area (Å²) in [7, 11) is 0. The summed E-state index contributed by atoms with van der Waals surface area (Å²) in [4.78, 5) is 16.2. The Morgan fingerprint density at radius 2 is 2.14 bits per heavy atom. The van der Waals surface area contributed by atoms with E-state index in [9.17, 15) is 4.79 Å². The first kappa shape index (κ1) is 19.8. The molecule has 3 atom stereocenters. The number of fused-ring (bicyclic) bond motifs is 2. The van der Waals surface area contributed by atoms with E-state index >= 15 is 0 Å². The van der Waals surface area contributed by atoms with Gasteiger partial charge in [-0.2, -0.15) is 0 Å². The van der Waals surface area contributed by atoms with Crippen molar-refractivity contribution in [2.45, 2.75) is 70.8 Å². The molecule has 3 aliphatic rings. The molecule has 1 aromatic rings. The topological polar surface area (TPSA) is 41.6 Å². The highest BCUT2D eigenvalue weighted by molar-refractivity contribution is 5.82. The Balaban J connectivity index is 1.67. The Bertz CT molecular complexity index is 715. The van der Waals surface area contributed by atoms with Crippen LogP contribution >= 0.6 is 0 Å². The van der Waals surface area contributed by atoms with Crippen molar-refractivity contribution in [1.29, 1.82) is 0 Å². The first-order valence-corrected chi connectivity index (χ1v) is 11.4. The van der Waals surface area contributed by atoms with Crippen molar-refractivity contribution < 1.29 is 9.53 Å². The maximum atomic E-state index is 14.0. The van der Waals surface area contributed by atoms with Gasteiger partial charge in [0.05, 0.1) is 12.5 Å². The Hall–Kier alpha value is -1.55. The first-order chi connectivity index (χ1) is 13.6. The van der Waals surface area contributed by atoms with Crippen molar-refractivity contribution in [3.8, 4) is 5.75 Å². The summed E-state index contributed by atoms with van der Waals surface area (Å²) in [6.45, 7) is 9.99. The summed E-state index contributed by atoms with van der Waals surface area (Å²) in [6.07, 6.45) is 6.83. The highest BCUT2D eigenvalue weighted by Crippen LogP contribution is 2.48. The third-order valence-electron chi connectivity index (χ3n) is 7.72. The van der Waals surface area contributed by atoms with Crippen LogP contribution in [-0.2, 0) is 10.2 Å². The number of amides is 1. The average molecular weight is 385 g/mol. The molecule has 2 fully saturated rings. The van der Waals surface area contributed by atoms with Gasteiger partial charge in [0.2, 0.25) is 5.91 Å². The van der Waals surface area contributed by atoms with E-state index in [2.05, 4.69) is 49.2 Å². The van der Waals surface area contributed by atoms with Crippen LogP contribution in [0.3, 0.4) is 0 Å². The molecule has 4 nitrogen and oxygen atoms in total. The van der Waals surface area contributed by atoms with Crippen LogP contribution in [0.2, 0.25) is 0 Å². The molecule has 0 saturated carbocycles. The van der Waals surface area contributed by atoms with Crippen LogP contribution in [0.15, 0.2) is 18.2 Å². The van der Waals surface area contributed by atoms with Gasteiger partial charge in [-0.1, -0.05) is 44.9 Å². The van der Waals surface area contributed by atoms with Gasteiger partial charge < -0.3 is 15.0 Å². The Morgan fingerprint density at radius 3 is 2.93 bits per heavy atom. The SMILES string of the molecule is CCC(CC)C1CCCCN1C(=O)[C@@H]1CNC[C@]12CCOc1c(C)cccc12. The maximum absolute atomic E-state index is 14.0. The highest BCUT2D eigenvalue weighted by atomic mass is 16.5. The van der Waals surface area contributed by atoms with E-state index < -0.39 is 0 Å². The fraction of sp³-hybridized carbons (Fsp3) is 0.708. The van der Waals surface area contributed by atoms with E-state index in [0.29, 0.717) is 24.5 Å². The summed E-state index contributed by atoms with van der Waals surface area (Å²) < 4.78 is 6.06. The predicted molar refractivity (Wildman–Crippen MR) is 113 cm³/mol. The lowest BCUT2D eigenvalue weighted by atomic mass is 9.67. The molecule has 4 rings (SSSR count). The maximum Gasteiger partial charge on any atom is 0.228 e. The molecule has 3 aliphatic heterocycles. The molecule has 2 saturated heterocycles. The zero-order valence-electron chi connectivity index (χ0n) is 17.8. The van der Waals surface area contributed by atoms with Crippen molar-refractivity contribution in [3.05, 3.63) is 29.3 Å². The molecule has 28 heavy (non-hydrogen) atoms. The Kier molecular flexibility index (Phi) is 5.69. The van der Waals surface area contributed by atoms with Crippen LogP contribution in [0.4, 0.5) is 0 Å². The second kappa shape index (κ2) is 8.06. The molecular formula is C24H36N2O2. The monoisotopic (exact) mass is 384 g/mol. The lowest BCUT2D eigenvalue weighted by molar-refractivity contribution is -0.142. The van der Waals surface area contributed by atoms with Gasteiger partial charge in [0.15, 0.2) is 0 Å². The number of aryl methyl sites for hydroxylation is 1. The van der Waals surface area contributed by atoms with Gasteiger partial charge in [-0.3, -0.25) is 4.79 Å². The third-order valence-corrected chi connectivity index (χ3v) is 7.72. The first-order valence-electron chi connectivity index (χ1n) is 11.4. The molecule has 0 aliphatic carbocycles. The van der Waals surface area contributed by atoms with Crippen molar-refractivity contribution in [2.75, 3.05) is 26.2 Å². The number of ether oxygens (including phenoxy) is 1. The van der Waals surface area contributed by atoms with Crippen LogP contribution < -0.4 is 10.1 Å². The molecule has 1 amide bonds. The number of hydrogen-bond acceptors (Lipinski definition) is 3. The zero-order chi connectivity index (χ0) is 19.7. The lowest BCUT2D eigenvalue weighted by Gasteiger charge is -2.45. The number of piperidine rings is 1. The molecule has 0 bridgehead atoms. The molecule has 3 heterocycles. The normalized spacial score (nSPS) is 29.8. The molecule has 4 heteroatoms. The van der Waals surface area contributed by atoms with Crippen LogP contribution in [0.1, 0.15) is 63.5 Å². The second-order valence-electron chi connectivity index (χ2n) is 9.06. The van der Waals surface area contributed by atoms with Gasteiger partial charge in [0.25, 0.3) is 0 Å². The zero-order valence-corrected chi connectivity index (χ0v) is 17.8. The number of rotatable bonds is 4.